The molecule has 0 bridgehead atoms. The number of sulfonamides is 2. The number of halogens is 2. The van der Waals surface area contributed by atoms with Crippen molar-refractivity contribution in [2.75, 3.05) is 11.3 Å². The van der Waals surface area contributed by atoms with Crippen molar-refractivity contribution >= 4 is 48.9 Å². The molecule has 2 rings (SSSR count). The highest BCUT2D eigenvalue weighted by atomic mass is 35.5. The van der Waals surface area contributed by atoms with Gasteiger partial charge < -0.3 is 0 Å². The van der Waals surface area contributed by atoms with Crippen molar-refractivity contribution in [1.82, 2.24) is 4.72 Å². The van der Waals surface area contributed by atoms with Gasteiger partial charge in [-0.2, -0.15) is 0 Å². The lowest BCUT2D eigenvalue weighted by Gasteiger charge is -2.11. The Morgan fingerprint density at radius 3 is 2.16 bits per heavy atom. The highest BCUT2D eigenvalue weighted by molar-refractivity contribution is 7.92. The molecule has 2 aromatic rings. The van der Waals surface area contributed by atoms with E-state index in [0.29, 0.717) is 13.0 Å². The third-order valence-corrected chi connectivity index (χ3v) is 7.00. The van der Waals surface area contributed by atoms with Crippen molar-refractivity contribution in [3.05, 3.63) is 52.5 Å². The van der Waals surface area contributed by atoms with Crippen molar-refractivity contribution in [2.24, 2.45) is 0 Å². The second-order valence-electron chi connectivity index (χ2n) is 5.08. The fourth-order valence-corrected chi connectivity index (χ4v) is 4.88. The Bertz CT molecular complexity index is 960. The Morgan fingerprint density at radius 2 is 1.56 bits per heavy atom. The van der Waals surface area contributed by atoms with Gasteiger partial charge in [-0.25, -0.2) is 21.6 Å². The summed E-state index contributed by atoms with van der Waals surface area (Å²) in [5, 5.41) is 0.0348. The zero-order valence-electron chi connectivity index (χ0n) is 13.2. The number of hydrogen-bond donors (Lipinski definition) is 2. The molecule has 0 unspecified atom stereocenters. The third kappa shape index (κ3) is 4.86. The number of nitrogens with one attached hydrogen (secondary N) is 2. The van der Waals surface area contributed by atoms with Crippen LogP contribution in [-0.2, 0) is 20.0 Å². The van der Waals surface area contributed by atoms with Gasteiger partial charge in [0.05, 0.1) is 14.9 Å². The zero-order chi connectivity index (χ0) is 18.7. The first-order chi connectivity index (χ1) is 11.7. The second kappa shape index (κ2) is 7.92. The van der Waals surface area contributed by atoms with Gasteiger partial charge in [0.25, 0.3) is 10.0 Å². The topological polar surface area (TPSA) is 92.3 Å². The summed E-state index contributed by atoms with van der Waals surface area (Å²) in [4.78, 5) is -0.118. The van der Waals surface area contributed by atoms with E-state index in [4.69, 9.17) is 23.2 Å². The number of anilines is 1. The first-order valence-electron chi connectivity index (χ1n) is 7.24. The summed E-state index contributed by atoms with van der Waals surface area (Å²) in [5.41, 5.74) is 0.200. The van der Waals surface area contributed by atoms with Crippen LogP contribution in [0.4, 0.5) is 5.69 Å². The van der Waals surface area contributed by atoms with Gasteiger partial charge in [-0.05, 0) is 42.8 Å². The standard InChI is InChI=1S/C15H16Cl2N2O4S2/c1-2-10-18-24(20,21)12-8-6-11(7-9-12)19-25(22,23)14-5-3-4-13(16)15(14)17/h3-9,18-19H,2,10H2,1H3. The second-order valence-corrected chi connectivity index (χ2v) is 9.28. The average Bonchev–Trinajstić information content (AvgIpc) is 2.55. The molecule has 0 aliphatic carbocycles. The Morgan fingerprint density at radius 1 is 0.920 bits per heavy atom. The van der Waals surface area contributed by atoms with Gasteiger partial charge in [0.2, 0.25) is 10.0 Å². The molecule has 0 aliphatic heterocycles. The maximum Gasteiger partial charge on any atom is 0.263 e. The molecule has 0 aliphatic rings. The van der Waals surface area contributed by atoms with Gasteiger partial charge in [0.15, 0.2) is 0 Å². The van der Waals surface area contributed by atoms with Crippen molar-refractivity contribution < 1.29 is 16.8 Å². The quantitative estimate of drug-likeness (QED) is 0.713. The summed E-state index contributed by atoms with van der Waals surface area (Å²) in [6.45, 7) is 2.17. The van der Waals surface area contributed by atoms with Gasteiger partial charge in [-0.3, -0.25) is 4.72 Å². The van der Waals surface area contributed by atoms with Gasteiger partial charge in [-0.15, -0.1) is 0 Å². The molecular weight excluding hydrogens is 407 g/mol. The van der Waals surface area contributed by atoms with Crippen LogP contribution in [-0.4, -0.2) is 23.4 Å². The lowest BCUT2D eigenvalue weighted by atomic mass is 10.3. The maximum absolute atomic E-state index is 12.4. The summed E-state index contributed by atoms with van der Waals surface area (Å²) < 4.78 is 53.6. The van der Waals surface area contributed by atoms with Crippen LogP contribution in [0.1, 0.15) is 13.3 Å². The summed E-state index contributed by atoms with van der Waals surface area (Å²) in [5.74, 6) is 0. The van der Waals surface area contributed by atoms with Crippen LogP contribution in [0.2, 0.25) is 10.0 Å². The number of hydrogen-bond acceptors (Lipinski definition) is 4. The summed E-state index contributed by atoms with van der Waals surface area (Å²) in [6.07, 6.45) is 0.664. The average molecular weight is 423 g/mol. The normalized spacial score (nSPS) is 12.1. The number of rotatable bonds is 7. The van der Waals surface area contributed by atoms with Crippen LogP contribution in [0, 0.1) is 0 Å². The van der Waals surface area contributed by atoms with E-state index in [1.807, 2.05) is 6.92 Å². The van der Waals surface area contributed by atoms with E-state index in [-0.39, 0.29) is 25.5 Å². The van der Waals surface area contributed by atoms with Crippen LogP contribution in [0.15, 0.2) is 52.3 Å². The van der Waals surface area contributed by atoms with Crippen molar-refractivity contribution in [3.63, 3.8) is 0 Å². The molecule has 0 atom stereocenters. The molecule has 2 N–H and O–H groups in total. The molecular formula is C15H16Cl2N2O4S2. The molecule has 2 aromatic carbocycles. The predicted molar refractivity (Wildman–Crippen MR) is 99.2 cm³/mol. The molecule has 0 spiro atoms. The SMILES string of the molecule is CCCNS(=O)(=O)c1ccc(NS(=O)(=O)c2cccc(Cl)c2Cl)cc1. The van der Waals surface area contributed by atoms with E-state index in [0.717, 1.165) is 0 Å². The van der Waals surface area contributed by atoms with Crippen LogP contribution in [0.25, 0.3) is 0 Å². The first-order valence-corrected chi connectivity index (χ1v) is 11.0. The minimum Gasteiger partial charge on any atom is -0.280 e. The van der Waals surface area contributed by atoms with Crippen LogP contribution >= 0.6 is 23.2 Å². The molecule has 10 heteroatoms. The lowest BCUT2D eigenvalue weighted by molar-refractivity contribution is 0.581. The molecule has 136 valence electrons. The van der Waals surface area contributed by atoms with Crippen LogP contribution < -0.4 is 9.44 Å². The van der Waals surface area contributed by atoms with Gasteiger partial charge in [-0.1, -0.05) is 36.2 Å². The van der Waals surface area contributed by atoms with Crippen molar-refractivity contribution in [2.45, 2.75) is 23.1 Å². The van der Waals surface area contributed by atoms with E-state index >= 15 is 0 Å². The van der Waals surface area contributed by atoms with E-state index in [1.54, 1.807) is 0 Å². The molecule has 25 heavy (non-hydrogen) atoms. The van der Waals surface area contributed by atoms with Crippen LogP contribution in [0.5, 0.6) is 0 Å². The molecule has 0 aromatic heterocycles. The summed E-state index contributed by atoms with van der Waals surface area (Å²) in [7, 11) is -7.57. The van der Waals surface area contributed by atoms with E-state index in [9.17, 15) is 16.8 Å². The molecule has 0 radical (unpaired) electrons. The summed E-state index contributed by atoms with van der Waals surface area (Å²) >= 11 is 11.8. The summed E-state index contributed by atoms with van der Waals surface area (Å²) in [6, 6.07) is 9.62. The Balaban J connectivity index is 2.25. The Hall–Kier alpha value is -1.32. The van der Waals surface area contributed by atoms with Gasteiger partial charge in [0, 0.05) is 12.2 Å². The fraction of sp³-hybridized carbons (Fsp3) is 0.200. The highest BCUT2D eigenvalue weighted by Crippen LogP contribution is 2.30. The molecule has 0 saturated heterocycles. The molecule has 6 nitrogen and oxygen atoms in total. The molecule has 0 amide bonds. The maximum atomic E-state index is 12.4. The Labute approximate surface area is 157 Å². The molecule has 0 heterocycles. The van der Waals surface area contributed by atoms with E-state index in [1.165, 1.54) is 42.5 Å². The van der Waals surface area contributed by atoms with Crippen molar-refractivity contribution in [3.8, 4) is 0 Å². The zero-order valence-corrected chi connectivity index (χ0v) is 16.3. The Kier molecular flexibility index (Phi) is 6.34. The van der Waals surface area contributed by atoms with E-state index < -0.39 is 20.0 Å². The predicted octanol–water partition coefficient (Wildman–Crippen LogP) is 3.48. The minimum absolute atomic E-state index is 0.0460. The van der Waals surface area contributed by atoms with Gasteiger partial charge >= 0.3 is 0 Å². The number of benzene rings is 2. The third-order valence-electron chi connectivity index (χ3n) is 3.16. The highest BCUT2D eigenvalue weighted by Gasteiger charge is 2.20. The largest absolute Gasteiger partial charge is 0.280 e. The monoisotopic (exact) mass is 422 g/mol. The van der Waals surface area contributed by atoms with E-state index in [2.05, 4.69) is 9.44 Å². The smallest absolute Gasteiger partial charge is 0.263 e. The fourth-order valence-electron chi connectivity index (χ4n) is 1.92. The molecule has 0 saturated carbocycles. The molecule has 0 fully saturated rings. The lowest BCUT2D eigenvalue weighted by Crippen LogP contribution is -2.24. The first kappa shape index (κ1) is 20.0. The van der Waals surface area contributed by atoms with Gasteiger partial charge in [0.1, 0.15) is 4.90 Å². The minimum atomic E-state index is -3.96. The van der Waals surface area contributed by atoms with Crippen LogP contribution in [0.3, 0.4) is 0 Å². The van der Waals surface area contributed by atoms with Crippen molar-refractivity contribution in [1.29, 1.82) is 0 Å².